The van der Waals surface area contributed by atoms with Crippen LogP contribution in [0.5, 0.6) is 0 Å². The number of aliphatic imine (C=N–C) groups is 1. The molecule has 0 spiro atoms. The molecule has 0 unspecified atom stereocenters. The first kappa shape index (κ1) is 16.9. The number of likely N-dealkylation sites (N-methyl/N-ethyl adjacent to an activating group) is 1. The number of rotatable bonds is 9. The first-order chi connectivity index (χ1) is 8.41. The van der Waals surface area contributed by atoms with E-state index in [2.05, 4.69) is 20.1 Å². The minimum atomic E-state index is -0.894. The number of nitrogens with zero attached hydrogens (tertiary/aromatic N) is 3. The summed E-state index contributed by atoms with van der Waals surface area (Å²) in [4.78, 5) is 18.8. The van der Waals surface area contributed by atoms with E-state index in [1.54, 1.807) is 0 Å². The number of hydrogen-bond donors (Lipinski definition) is 2. The van der Waals surface area contributed by atoms with Gasteiger partial charge in [-0.2, -0.15) is 0 Å². The van der Waals surface area contributed by atoms with Gasteiger partial charge in [-0.3, -0.25) is 9.79 Å². The van der Waals surface area contributed by atoms with E-state index in [0.717, 1.165) is 38.3 Å². The molecule has 0 aromatic rings. The molecular formula is C12H26N4O2. The third-order valence-electron chi connectivity index (χ3n) is 2.31. The molecule has 0 aromatic heterocycles. The van der Waals surface area contributed by atoms with Gasteiger partial charge >= 0.3 is 5.97 Å². The Balaban J connectivity index is 4.07. The molecule has 0 amide bonds. The summed E-state index contributed by atoms with van der Waals surface area (Å²) < 4.78 is 0. The lowest BCUT2D eigenvalue weighted by Crippen LogP contribution is -2.32. The Bertz CT molecular complexity index is 249. The summed E-state index contributed by atoms with van der Waals surface area (Å²) in [5.74, 6) is -0.101. The highest BCUT2D eigenvalue weighted by molar-refractivity contribution is 5.84. The zero-order valence-corrected chi connectivity index (χ0v) is 11.9. The van der Waals surface area contributed by atoms with Crippen molar-refractivity contribution in [3.63, 3.8) is 0 Å². The number of carboxylic acids is 1. The molecule has 6 nitrogen and oxygen atoms in total. The number of hydrogen-bond acceptors (Lipinski definition) is 4. The van der Waals surface area contributed by atoms with Gasteiger partial charge in [0.25, 0.3) is 0 Å². The standard InChI is InChI=1S/C12H26N4O2/c1-15(2)8-5-6-11(14-10-12(17)18)13-7-9-16(3)4/h5-10H2,1-4H3,(H,13,14)(H,17,18). The number of carbonyl (C=O) groups is 1. The van der Waals surface area contributed by atoms with Crippen molar-refractivity contribution in [3.8, 4) is 0 Å². The molecule has 0 bridgehead atoms. The van der Waals surface area contributed by atoms with Crippen molar-refractivity contribution in [2.24, 2.45) is 4.99 Å². The van der Waals surface area contributed by atoms with Crippen molar-refractivity contribution in [3.05, 3.63) is 0 Å². The Hall–Kier alpha value is -1.14. The van der Waals surface area contributed by atoms with Crippen molar-refractivity contribution in [1.29, 1.82) is 0 Å². The van der Waals surface area contributed by atoms with E-state index in [1.165, 1.54) is 0 Å². The third-order valence-corrected chi connectivity index (χ3v) is 2.31. The minimum absolute atomic E-state index is 0.160. The van der Waals surface area contributed by atoms with Crippen LogP contribution in [0, 0.1) is 0 Å². The molecular weight excluding hydrogens is 232 g/mol. The predicted molar refractivity (Wildman–Crippen MR) is 74.3 cm³/mol. The summed E-state index contributed by atoms with van der Waals surface area (Å²) in [6.45, 7) is 2.50. The van der Waals surface area contributed by atoms with E-state index < -0.39 is 5.97 Å². The van der Waals surface area contributed by atoms with Gasteiger partial charge in [-0.05, 0) is 41.2 Å². The van der Waals surface area contributed by atoms with Crippen LogP contribution in [0.3, 0.4) is 0 Å². The zero-order valence-electron chi connectivity index (χ0n) is 11.9. The van der Waals surface area contributed by atoms with Crippen LogP contribution in [0.25, 0.3) is 0 Å². The van der Waals surface area contributed by atoms with Crippen LogP contribution in [-0.4, -0.2) is 81.1 Å². The van der Waals surface area contributed by atoms with E-state index in [9.17, 15) is 4.79 Å². The maximum absolute atomic E-state index is 10.5. The number of nitrogens with one attached hydrogen (secondary N) is 1. The second-order valence-corrected chi connectivity index (χ2v) is 4.79. The lowest BCUT2D eigenvalue weighted by Gasteiger charge is -2.14. The van der Waals surface area contributed by atoms with Crippen molar-refractivity contribution < 1.29 is 9.90 Å². The molecule has 0 saturated carbocycles. The van der Waals surface area contributed by atoms with Crippen molar-refractivity contribution in [1.82, 2.24) is 15.1 Å². The lowest BCUT2D eigenvalue weighted by molar-refractivity contribution is -0.135. The van der Waals surface area contributed by atoms with E-state index in [-0.39, 0.29) is 6.54 Å². The monoisotopic (exact) mass is 258 g/mol. The van der Waals surface area contributed by atoms with Crippen molar-refractivity contribution in [2.75, 3.05) is 54.4 Å². The van der Waals surface area contributed by atoms with Crippen LogP contribution in [0.15, 0.2) is 4.99 Å². The number of carboxylic acid groups (broad SMARTS) is 1. The number of aliphatic carboxylic acids is 1. The highest BCUT2D eigenvalue weighted by atomic mass is 16.4. The van der Waals surface area contributed by atoms with Gasteiger partial charge in [0.2, 0.25) is 0 Å². The van der Waals surface area contributed by atoms with Gasteiger partial charge in [0.1, 0.15) is 6.54 Å². The fourth-order valence-corrected chi connectivity index (χ4v) is 1.37. The molecule has 0 rings (SSSR count). The van der Waals surface area contributed by atoms with Gasteiger partial charge in [-0.15, -0.1) is 0 Å². The van der Waals surface area contributed by atoms with Crippen LogP contribution >= 0.6 is 0 Å². The second kappa shape index (κ2) is 9.85. The molecule has 6 heteroatoms. The predicted octanol–water partition coefficient (Wildman–Crippen LogP) is -0.0375. The topological polar surface area (TPSA) is 68.2 Å². The average molecular weight is 258 g/mol. The normalized spacial score (nSPS) is 12.2. The minimum Gasteiger partial charge on any atom is -0.480 e. The molecule has 0 fully saturated rings. The fraction of sp³-hybridized carbons (Fsp3) is 0.833. The first-order valence-corrected chi connectivity index (χ1v) is 6.20. The van der Waals surface area contributed by atoms with Gasteiger partial charge in [-0.25, -0.2) is 0 Å². The molecule has 0 heterocycles. The molecule has 0 aliphatic heterocycles. The Morgan fingerprint density at radius 2 is 1.78 bits per heavy atom. The van der Waals surface area contributed by atoms with E-state index in [1.807, 2.05) is 28.2 Å². The van der Waals surface area contributed by atoms with Crippen LogP contribution in [-0.2, 0) is 4.79 Å². The lowest BCUT2D eigenvalue weighted by atomic mass is 10.2. The van der Waals surface area contributed by atoms with Crippen LogP contribution in [0.4, 0.5) is 0 Å². The van der Waals surface area contributed by atoms with Gasteiger partial charge in [-0.1, -0.05) is 0 Å². The van der Waals surface area contributed by atoms with E-state index in [4.69, 9.17) is 5.11 Å². The maximum Gasteiger partial charge on any atom is 0.325 e. The molecule has 0 aliphatic carbocycles. The Labute approximate surface area is 110 Å². The SMILES string of the molecule is CN(C)CCCC(=NCC(=O)O)NCCN(C)C. The molecule has 106 valence electrons. The molecule has 0 aromatic carbocycles. The Morgan fingerprint density at radius 1 is 1.17 bits per heavy atom. The van der Waals surface area contributed by atoms with Gasteiger partial charge in [0, 0.05) is 19.5 Å². The fourth-order valence-electron chi connectivity index (χ4n) is 1.37. The van der Waals surface area contributed by atoms with Crippen LogP contribution in [0.2, 0.25) is 0 Å². The summed E-state index contributed by atoms with van der Waals surface area (Å²) in [5, 5.41) is 11.8. The summed E-state index contributed by atoms with van der Waals surface area (Å²) >= 11 is 0. The largest absolute Gasteiger partial charge is 0.480 e. The van der Waals surface area contributed by atoms with Crippen molar-refractivity contribution in [2.45, 2.75) is 12.8 Å². The van der Waals surface area contributed by atoms with E-state index in [0.29, 0.717) is 0 Å². The highest BCUT2D eigenvalue weighted by Gasteiger charge is 2.02. The van der Waals surface area contributed by atoms with Crippen molar-refractivity contribution >= 4 is 11.8 Å². The average Bonchev–Trinajstić information content (AvgIpc) is 2.24. The summed E-state index contributed by atoms with van der Waals surface area (Å²) in [6.07, 6.45) is 1.76. The molecule has 0 aliphatic rings. The van der Waals surface area contributed by atoms with Gasteiger partial charge < -0.3 is 20.2 Å². The van der Waals surface area contributed by atoms with Gasteiger partial charge in [0.15, 0.2) is 0 Å². The smallest absolute Gasteiger partial charge is 0.325 e. The first-order valence-electron chi connectivity index (χ1n) is 6.20. The van der Waals surface area contributed by atoms with E-state index >= 15 is 0 Å². The quantitative estimate of drug-likeness (QED) is 0.449. The highest BCUT2D eigenvalue weighted by Crippen LogP contribution is 1.93. The maximum atomic E-state index is 10.5. The molecule has 0 atom stereocenters. The number of amidine groups is 1. The molecule has 2 N–H and O–H groups in total. The molecule has 0 saturated heterocycles. The van der Waals surface area contributed by atoms with Gasteiger partial charge in [0.05, 0.1) is 5.84 Å². The Kier molecular flexibility index (Phi) is 9.22. The summed E-state index contributed by atoms with van der Waals surface area (Å²) in [7, 11) is 8.05. The zero-order chi connectivity index (χ0) is 14.0. The summed E-state index contributed by atoms with van der Waals surface area (Å²) in [5.41, 5.74) is 0. The second-order valence-electron chi connectivity index (χ2n) is 4.79. The summed E-state index contributed by atoms with van der Waals surface area (Å²) in [6, 6.07) is 0. The van der Waals surface area contributed by atoms with Crippen LogP contribution in [0.1, 0.15) is 12.8 Å². The van der Waals surface area contributed by atoms with Crippen LogP contribution < -0.4 is 5.32 Å². The Morgan fingerprint density at radius 3 is 2.28 bits per heavy atom. The third kappa shape index (κ3) is 11.3. The molecule has 0 radical (unpaired) electrons. The molecule has 18 heavy (non-hydrogen) atoms.